The van der Waals surface area contributed by atoms with Crippen LogP contribution in [0.5, 0.6) is 0 Å². The summed E-state index contributed by atoms with van der Waals surface area (Å²) in [7, 11) is 0. The van der Waals surface area contributed by atoms with Crippen molar-refractivity contribution < 1.29 is 18.4 Å². The molecule has 0 unspecified atom stereocenters. The van der Waals surface area contributed by atoms with Crippen molar-refractivity contribution in [3.05, 3.63) is 88.2 Å². The van der Waals surface area contributed by atoms with E-state index in [2.05, 4.69) is 15.6 Å². The highest BCUT2D eigenvalue weighted by Crippen LogP contribution is 2.27. The number of benzene rings is 3. The van der Waals surface area contributed by atoms with Crippen LogP contribution in [0.25, 0.3) is 22.3 Å². The van der Waals surface area contributed by atoms with Gasteiger partial charge in [-0.1, -0.05) is 23.8 Å². The summed E-state index contributed by atoms with van der Waals surface area (Å²) in [6, 6.07) is 14.6. The fourth-order valence-electron chi connectivity index (χ4n) is 3.65. The van der Waals surface area contributed by atoms with Gasteiger partial charge in [0.1, 0.15) is 23.9 Å². The highest BCUT2D eigenvalue weighted by Gasteiger charge is 2.18. The van der Waals surface area contributed by atoms with Crippen LogP contribution in [0.15, 0.2) is 65.5 Å². The molecule has 2 amide bonds. The lowest BCUT2D eigenvalue weighted by Crippen LogP contribution is -2.30. The van der Waals surface area contributed by atoms with Gasteiger partial charge in [0.15, 0.2) is 0 Å². The summed E-state index contributed by atoms with van der Waals surface area (Å²) in [4.78, 5) is 42.4. The molecule has 0 aliphatic carbocycles. The first-order valence-electron chi connectivity index (χ1n) is 10.4. The molecule has 0 aliphatic rings. The molecule has 1 aromatic heterocycles. The van der Waals surface area contributed by atoms with Gasteiger partial charge in [-0.3, -0.25) is 19.0 Å². The summed E-state index contributed by atoms with van der Waals surface area (Å²) in [6.45, 7) is 2.77. The molecule has 0 atom stereocenters. The zero-order chi connectivity index (χ0) is 24.4. The Labute approximate surface area is 193 Å². The molecule has 0 fully saturated rings. The predicted molar refractivity (Wildman–Crippen MR) is 125 cm³/mol. The standard InChI is InChI=1S/C25H20F2N4O3/c1-14-7-8-20(28-15(2)32)19(9-14)24-25(34)31(22-6-4-3-5-21(22)30-24)13-23(33)29-18-11-16(26)10-17(27)12-18/h3-12H,13H2,1-2H3,(H,28,32)(H,29,33). The average molecular weight is 462 g/mol. The van der Waals surface area contributed by atoms with E-state index in [4.69, 9.17) is 0 Å². The summed E-state index contributed by atoms with van der Waals surface area (Å²) in [5.74, 6) is -2.64. The first-order valence-corrected chi connectivity index (χ1v) is 10.4. The molecule has 0 aliphatic heterocycles. The largest absolute Gasteiger partial charge is 0.326 e. The molecule has 2 N–H and O–H groups in total. The first kappa shape index (κ1) is 22.8. The van der Waals surface area contributed by atoms with Gasteiger partial charge in [-0.05, 0) is 43.3 Å². The Morgan fingerprint density at radius 1 is 0.971 bits per heavy atom. The zero-order valence-corrected chi connectivity index (χ0v) is 18.4. The highest BCUT2D eigenvalue weighted by molar-refractivity contribution is 5.95. The van der Waals surface area contributed by atoms with Crippen LogP contribution >= 0.6 is 0 Å². The van der Waals surface area contributed by atoms with Crippen molar-refractivity contribution in [2.24, 2.45) is 0 Å². The average Bonchev–Trinajstić information content (AvgIpc) is 2.76. The fraction of sp³-hybridized carbons (Fsp3) is 0.120. The molecule has 3 aromatic carbocycles. The molecule has 0 spiro atoms. The Balaban J connectivity index is 1.82. The Bertz CT molecular complexity index is 1480. The number of carbonyl (C=O) groups excluding carboxylic acids is 2. The summed E-state index contributed by atoms with van der Waals surface area (Å²) in [5.41, 5.74) is 1.95. The van der Waals surface area contributed by atoms with Crippen LogP contribution in [0.3, 0.4) is 0 Å². The topological polar surface area (TPSA) is 93.1 Å². The predicted octanol–water partition coefficient (Wildman–Crippen LogP) is 4.25. The van der Waals surface area contributed by atoms with Crippen molar-refractivity contribution in [1.29, 1.82) is 0 Å². The molecule has 4 aromatic rings. The van der Waals surface area contributed by atoms with Gasteiger partial charge in [-0.25, -0.2) is 13.8 Å². The molecule has 9 heteroatoms. The van der Waals surface area contributed by atoms with Crippen molar-refractivity contribution in [3.8, 4) is 11.3 Å². The number of rotatable bonds is 5. The van der Waals surface area contributed by atoms with E-state index < -0.39 is 29.6 Å². The lowest BCUT2D eigenvalue weighted by molar-refractivity contribution is -0.117. The molecule has 0 radical (unpaired) electrons. The Morgan fingerprint density at radius 3 is 2.38 bits per heavy atom. The molecule has 7 nitrogen and oxygen atoms in total. The third kappa shape index (κ3) is 4.83. The smallest absolute Gasteiger partial charge is 0.278 e. The fourth-order valence-corrected chi connectivity index (χ4v) is 3.65. The normalized spacial score (nSPS) is 10.8. The molecular weight excluding hydrogens is 442 g/mol. The minimum Gasteiger partial charge on any atom is -0.326 e. The minimum atomic E-state index is -0.839. The third-order valence-corrected chi connectivity index (χ3v) is 5.04. The van der Waals surface area contributed by atoms with Gasteiger partial charge in [0.2, 0.25) is 11.8 Å². The van der Waals surface area contributed by atoms with Gasteiger partial charge < -0.3 is 10.6 Å². The molecule has 1 heterocycles. The molecule has 0 saturated carbocycles. The van der Waals surface area contributed by atoms with Crippen LogP contribution in [-0.2, 0) is 16.1 Å². The van der Waals surface area contributed by atoms with E-state index in [0.29, 0.717) is 28.4 Å². The third-order valence-electron chi connectivity index (χ3n) is 5.04. The number of para-hydroxylation sites is 2. The number of amides is 2. The number of hydrogen-bond donors (Lipinski definition) is 2. The first-order chi connectivity index (χ1) is 16.2. The van der Waals surface area contributed by atoms with Gasteiger partial charge in [0, 0.05) is 24.2 Å². The molecule has 4 rings (SSSR count). The van der Waals surface area contributed by atoms with Crippen LogP contribution < -0.4 is 16.2 Å². The lowest BCUT2D eigenvalue weighted by atomic mass is 10.1. The quantitative estimate of drug-likeness (QED) is 0.464. The van der Waals surface area contributed by atoms with E-state index in [1.54, 1.807) is 42.5 Å². The van der Waals surface area contributed by atoms with Crippen molar-refractivity contribution in [1.82, 2.24) is 9.55 Å². The minimum absolute atomic E-state index is 0.0516. The second-order valence-electron chi connectivity index (χ2n) is 7.78. The summed E-state index contributed by atoms with van der Waals surface area (Å²) >= 11 is 0. The second-order valence-corrected chi connectivity index (χ2v) is 7.78. The van der Waals surface area contributed by atoms with Gasteiger partial charge >= 0.3 is 0 Å². The second kappa shape index (κ2) is 9.22. The maximum Gasteiger partial charge on any atom is 0.278 e. The van der Waals surface area contributed by atoms with Crippen molar-refractivity contribution in [3.63, 3.8) is 0 Å². The number of nitrogens with zero attached hydrogens (tertiary/aromatic N) is 2. The van der Waals surface area contributed by atoms with Crippen LogP contribution in [-0.4, -0.2) is 21.4 Å². The van der Waals surface area contributed by atoms with Gasteiger partial charge in [0.25, 0.3) is 5.56 Å². The van der Waals surface area contributed by atoms with E-state index in [9.17, 15) is 23.2 Å². The van der Waals surface area contributed by atoms with E-state index >= 15 is 0 Å². The van der Waals surface area contributed by atoms with E-state index in [-0.39, 0.29) is 17.3 Å². The van der Waals surface area contributed by atoms with Crippen LogP contribution in [0.2, 0.25) is 0 Å². The Morgan fingerprint density at radius 2 is 1.68 bits per heavy atom. The highest BCUT2D eigenvalue weighted by atomic mass is 19.1. The molecule has 34 heavy (non-hydrogen) atoms. The number of anilines is 2. The number of hydrogen-bond acceptors (Lipinski definition) is 4. The molecule has 0 saturated heterocycles. The van der Waals surface area contributed by atoms with Gasteiger partial charge in [0.05, 0.1) is 16.7 Å². The maximum absolute atomic E-state index is 13.5. The Hall–Kier alpha value is -4.40. The zero-order valence-electron chi connectivity index (χ0n) is 18.4. The van der Waals surface area contributed by atoms with Gasteiger partial charge in [-0.15, -0.1) is 0 Å². The monoisotopic (exact) mass is 462 g/mol. The van der Waals surface area contributed by atoms with Crippen LogP contribution in [0.4, 0.5) is 20.2 Å². The van der Waals surface area contributed by atoms with E-state index in [1.807, 2.05) is 6.92 Å². The number of aryl methyl sites for hydroxylation is 1. The van der Waals surface area contributed by atoms with Crippen molar-refractivity contribution in [2.75, 3.05) is 10.6 Å². The number of carbonyl (C=O) groups is 2. The van der Waals surface area contributed by atoms with Crippen LogP contribution in [0, 0.1) is 18.6 Å². The number of halogens is 2. The maximum atomic E-state index is 13.5. The molecule has 0 bridgehead atoms. The lowest BCUT2D eigenvalue weighted by Gasteiger charge is -2.15. The summed E-state index contributed by atoms with van der Waals surface area (Å²) < 4.78 is 28.2. The molecular formula is C25H20F2N4O3. The summed E-state index contributed by atoms with van der Waals surface area (Å²) in [5, 5.41) is 5.11. The van der Waals surface area contributed by atoms with Crippen molar-refractivity contribution in [2.45, 2.75) is 20.4 Å². The molecule has 172 valence electrons. The Kier molecular flexibility index (Phi) is 6.18. The number of fused-ring (bicyclic) bond motifs is 1. The summed E-state index contributed by atoms with van der Waals surface area (Å²) in [6.07, 6.45) is 0. The number of aromatic nitrogens is 2. The van der Waals surface area contributed by atoms with E-state index in [1.165, 1.54) is 11.5 Å². The van der Waals surface area contributed by atoms with Gasteiger partial charge in [-0.2, -0.15) is 0 Å². The van der Waals surface area contributed by atoms with E-state index in [0.717, 1.165) is 17.7 Å². The number of nitrogens with one attached hydrogen (secondary N) is 2. The van der Waals surface area contributed by atoms with Crippen LogP contribution in [0.1, 0.15) is 12.5 Å². The SMILES string of the molecule is CC(=O)Nc1ccc(C)cc1-c1nc2ccccc2n(CC(=O)Nc2cc(F)cc(F)c2)c1=O. The van der Waals surface area contributed by atoms with Crippen molar-refractivity contribution >= 4 is 34.2 Å².